The zero-order valence-electron chi connectivity index (χ0n) is 13.8. The molecule has 3 aliphatic rings. The van der Waals surface area contributed by atoms with Crippen LogP contribution in [0.5, 0.6) is 0 Å². The van der Waals surface area contributed by atoms with Crippen molar-refractivity contribution in [2.45, 2.75) is 102 Å². The summed E-state index contributed by atoms with van der Waals surface area (Å²) in [6, 6.07) is 0. The first kappa shape index (κ1) is 15.4. The van der Waals surface area contributed by atoms with Crippen LogP contribution < -0.4 is 5.32 Å². The molecule has 1 N–H and O–H groups in total. The van der Waals surface area contributed by atoms with E-state index in [2.05, 4.69) is 5.32 Å². The molecule has 1 aliphatic heterocycles. The predicted molar refractivity (Wildman–Crippen MR) is 90.9 cm³/mol. The zero-order chi connectivity index (χ0) is 14.4. The van der Waals surface area contributed by atoms with Gasteiger partial charge in [-0.25, -0.2) is 0 Å². The molecule has 0 radical (unpaired) electrons. The minimum atomic E-state index is 0.362. The van der Waals surface area contributed by atoms with Gasteiger partial charge in [0.15, 0.2) is 0 Å². The summed E-state index contributed by atoms with van der Waals surface area (Å²) in [6.45, 7) is 1.15. The summed E-state index contributed by atoms with van der Waals surface area (Å²) in [5.74, 6) is 2.36. The summed E-state index contributed by atoms with van der Waals surface area (Å²) in [6.07, 6.45) is 20.9. The molecule has 0 atom stereocenters. The fourth-order valence-electron chi connectivity index (χ4n) is 4.68. The first-order valence-corrected chi connectivity index (χ1v) is 9.69. The summed E-state index contributed by atoms with van der Waals surface area (Å²) in [4.78, 5) is 5.28. The summed E-state index contributed by atoms with van der Waals surface area (Å²) < 4.78 is 0. The van der Waals surface area contributed by atoms with Gasteiger partial charge in [-0.05, 0) is 50.9 Å². The van der Waals surface area contributed by atoms with E-state index in [0.29, 0.717) is 5.54 Å². The number of amidine groups is 1. The second-order valence-corrected chi connectivity index (χ2v) is 7.79. The fourth-order valence-corrected chi connectivity index (χ4v) is 4.68. The molecule has 2 heteroatoms. The lowest BCUT2D eigenvalue weighted by Gasteiger charge is -2.24. The van der Waals surface area contributed by atoms with Crippen LogP contribution in [0.25, 0.3) is 0 Å². The van der Waals surface area contributed by atoms with Crippen molar-refractivity contribution < 1.29 is 0 Å². The molecule has 2 saturated carbocycles. The van der Waals surface area contributed by atoms with Crippen LogP contribution in [0.2, 0.25) is 0 Å². The normalized spacial score (nSPS) is 37.5. The highest BCUT2D eigenvalue weighted by molar-refractivity contribution is 5.82. The number of rotatable bonds is 1. The highest BCUT2D eigenvalue weighted by Gasteiger charge is 2.44. The molecule has 0 aromatic carbocycles. The van der Waals surface area contributed by atoms with Crippen LogP contribution in [-0.2, 0) is 0 Å². The lowest BCUT2D eigenvalue weighted by Crippen LogP contribution is -2.30. The van der Waals surface area contributed by atoms with Gasteiger partial charge in [-0.2, -0.15) is 0 Å². The van der Waals surface area contributed by atoms with Crippen LogP contribution in [0, 0.1) is 5.92 Å². The lowest BCUT2D eigenvalue weighted by molar-refractivity contribution is 0.418. The highest BCUT2D eigenvalue weighted by atomic mass is 15.0. The molecule has 0 spiro atoms. The van der Waals surface area contributed by atoms with Crippen LogP contribution in [-0.4, -0.2) is 17.9 Å². The minimum Gasteiger partial charge on any atom is -0.374 e. The second kappa shape index (κ2) is 7.65. The molecule has 2 nitrogen and oxygen atoms in total. The molecule has 1 saturated heterocycles. The van der Waals surface area contributed by atoms with E-state index in [0.717, 1.165) is 12.5 Å². The summed E-state index contributed by atoms with van der Waals surface area (Å²) in [5, 5.41) is 3.71. The van der Waals surface area contributed by atoms with Crippen molar-refractivity contribution in [2.75, 3.05) is 6.54 Å². The Bertz CT molecular complexity index is 323. The van der Waals surface area contributed by atoms with Gasteiger partial charge in [-0.3, -0.25) is 4.99 Å². The number of hydrogen-bond donors (Lipinski definition) is 1. The molecule has 3 fully saturated rings. The number of nitrogens with one attached hydrogen (secondary N) is 1. The van der Waals surface area contributed by atoms with E-state index in [-0.39, 0.29) is 0 Å². The highest BCUT2D eigenvalue weighted by Crippen LogP contribution is 2.50. The van der Waals surface area contributed by atoms with Crippen molar-refractivity contribution >= 4 is 5.84 Å². The first-order chi connectivity index (χ1) is 10.4. The Kier molecular flexibility index (Phi) is 5.60. The third kappa shape index (κ3) is 4.47. The Morgan fingerprint density at radius 2 is 1.43 bits per heavy atom. The van der Waals surface area contributed by atoms with Gasteiger partial charge in [-0.15, -0.1) is 0 Å². The van der Waals surface area contributed by atoms with E-state index in [1.54, 1.807) is 0 Å². The van der Waals surface area contributed by atoms with Gasteiger partial charge >= 0.3 is 0 Å². The maximum absolute atomic E-state index is 5.28. The molecule has 0 unspecified atom stereocenters. The van der Waals surface area contributed by atoms with Crippen LogP contribution >= 0.6 is 0 Å². The zero-order valence-corrected chi connectivity index (χ0v) is 13.8. The number of fused-ring (bicyclic) bond motifs is 2. The Hall–Kier alpha value is -0.530. The first-order valence-electron chi connectivity index (χ1n) is 9.69. The van der Waals surface area contributed by atoms with Crippen molar-refractivity contribution in [2.24, 2.45) is 10.9 Å². The predicted octanol–water partition coefficient (Wildman–Crippen LogP) is 5.22. The number of nitrogens with zero attached hydrogens (tertiary/aromatic N) is 1. The maximum Gasteiger partial charge on any atom is 0.0969 e. The van der Waals surface area contributed by atoms with Gasteiger partial charge < -0.3 is 5.32 Å². The Morgan fingerprint density at radius 1 is 0.810 bits per heavy atom. The fraction of sp³-hybridized carbons (Fsp3) is 0.947. The van der Waals surface area contributed by atoms with Gasteiger partial charge in [-0.1, -0.05) is 44.9 Å². The molecule has 3 rings (SSSR count). The van der Waals surface area contributed by atoms with Crippen molar-refractivity contribution in [1.82, 2.24) is 5.32 Å². The van der Waals surface area contributed by atoms with Gasteiger partial charge in [0.25, 0.3) is 0 Å². The molecular weight excluding hydrogens is 256 g/mol. The molecule has 21 heavy (non-hydrogen) atoms. The molecule has 1 heterocycles. The topological polar surface area (TPSA) is 24.4 Å². The SMILES string of the molecule is C1CCCCCNC(=NC23CCC(CC2)C3)CCCCC1. The van der Waals surface area contributed by atoms with E-state index in [1.165, 1.54) is 102 Å². The lowest BCUT2D eigenvalue weighted by atomic mass is 9.94. The van der Waals surface area contributed by atoms with E-state index < -0.39 is 0 Å². The molecular formula is C19H34N2. The van der Waals surface area contributed by atoms with Crippen molar-refractivity contribution in [3.05, 3.63) is 0 Å². The monoisotopic (exact) mass is 290 g/mol. The average molecular weight is 290 g/mol. The van der Waals surface area contributed by atoms with Gasteiger partial charge in [0, 0.05) is 13.0 Å². The molecule has 0 aromatic heterocycles. The van der Waals surface area contributed by atoms with E-state index in [1.807, 2.05) is 0 Å². The van der Waals surface area contributed by atoms with Crippen LogP contribution in [0.3, 0.4) is 0 Å². The Morgan fingerprint density at radius 3 is 2.05 bits per heavy atom. The maximum atomic E-state index is 5.28. The summed E-state index contributed by atoms with van der Waals surface area (Å²) in [7, 11) is 0. The van der Waals surface area contributed by atoms with Crippen molar-refractivity contribution in [3.8, 4) is 0 Å². The Balaban J connectivity index is 1.57. The van der Waals surface area contributed by atoms with Crippen LogP contribution in [0.4, 0.5) is 0 Å². The van der Waals surface area contributed by atoms with Gasteiger partial charge in [0.2, 0.25) is 0 Å². The molecule has 120 valence electrons. The molecule has 0 aromatic rings. The minimum absolute atomic E-state index is 0.362. The average Bonchev–Trinajstić information content (AvgIpc) is 3.08. The quantitative estimate of drug-likeness (QED) is 0.703. The van der Waals surface area contributed by atoms with Crippen LogP contribution in [0.15, 0.2) is 4.99 Å². The third-order valence-electron chi connectivity index (χ3n) is 6.00. The molecule has 2 aliphatic carbocycles. The van der Waals surface area contributed by atoms with Gasteiger partial charge in [0.05, 0.1) is 11.4 Å². The standard InChI is InChI=1S/C19H34N2/c1-2-4-6-8-10-18(20-15-9-7-5-3-1)21-19-13-11-17(16-19)12-14-19/h17H,1-16H2,(H,20,21). The smallest absolute Gasteiger partial charge is 0.0969 e. The molecule has 0 amide bonds. The number of hydrogen-bond acceptors (Lipinski definition) is 1. The van der Waals surface area contributed by atoms with Crippen LogP contribution in [0.1, 0.15) is 96.3 Å². The second-order valence-electron chi connectivity index (χ2n) is 7.79. The third-order valence-corrected chi connectivity index (χ3v) is 6.00. The van der Waals surface area contributed by atoms with E-state index >= 15 is 0 Å². The Labute approximate surface area is 131 Å². The largest absolute Gasteiger partial charge is 0.374 e. The van der Waals surface area contributed by atoms with Crippen molar-refractivity contribution in [1.29, 1.82) is 0 Å². The molecule has 2 bridgehead atoms. The van der Waals surface area contributed by atoms with Gasteiger partial charge in [0.1, 0.15) is 0 Å². The summed E-state index contributed by atoms with van der Waals surface area (Å²) in [5.41, 5.74) is 0.362. The number of aliphatic imine (C=N–C) groups is 1. The summed E-state index contributed by atoms with van der Waals surface area (Å²) >= 11 is 0. The van der Waals surface area contributed by atoms with E-state index in [4.69, 9.17) is 4.99 Å². The van der Waals surface area contributed by atoms with Crippen molar-refractivity contribution in [3.63, 3.8) is 0 Å². The van der Waals surface area contributed by atoms with E-state index in [9.17, 15) is 0 Å².